The van der Waals surface area contributed by atoms with E-state index in [1.54, 1.807) is 6.07 Å². The molecule has 0 saturated carbocycles. The number of rotatable bonds is 7. The number of hydrogen-bond acceptors (Lipinski definition) is 3. The first kappa shape index (κ1) is 14.2. The number of benzene rings is 1. The average molecular weight is 301 g/mol. The summed E-state index contributed by atoms with van der Waals surface area (Å²) in [7, 11) is 0. The van der Waals surface area contributed by atoms with Crippen LogP contribution in [-0.4, -0.2) is 26.1 Å². The van der Waals surface area contributed by atoms with Gasteiger partial charge >= 0.3 is 0 Å². The molecule has 1 aromatic carbocycles. The van der Waals surface area contributed by atoms with E-state index in [4.69, 9.17) is 9.47 Å². The van der Waals surface area contributed by atoms with Crippen molar-refractivity contribution in [3.8, 4) is 5.75 Å². The van der Waals surface area contributed by atoms with Gasteiger partial charge in [0.15, 0.2) is 6.29 Å². The monoisotopic (exact) mass is 300 g/mol. The van der Waals surface area contributed by atoms with Gasteiger partial charge in [-0.05, 0) is 31.0 Å². The lowest BCUT2D eigenvalue weighted by atomic mass is 10.1. The summed E-state index contributed by atoms with van der Waals surface area (Å²) in [6, 6.07) is 3.68. The first-order valence-electron chi connectivity index (χ1n) is 5.65. The summed E-state index contributed by atoms with van der Waals surface area (Å²) in [6.45, 7) is 5.72. The van der Waals surface area contributed by atoms with Crippen LogP contribution < -0.4 is 4.74 Å². The third-order valence-corrected chi connectivity index (χ3v) is 2.68. The van der Waals surface area contributed by atoms with Crippen LogP contribution in [-0.2, 0) is 4.74 Å². The van der Waals surface area contributed by atoms with E-state index in [0.717, 1.165) is 29.4 Å². The second kappa shape index (κ2) is 7.45. The summed E-state index contributed by atoms with van der Waals surface area (Å²) in [5.74, 6) is 0.642. The molecule has 0 spiro atoms. The van der Waals surface area contributed by atoms with Gasteiger partial charge in [-0.25, -0.2) is 0 Å². The van der Waals surface area contributed by atoms with Crippen molar-refractivity contribution >= 4 is 22.2 Å². The number of carbonyl (C=O) groups is 1. The van der Waals surface area contributed by atoms with Gasteiger partial charge in [-0.15, -0.1) is 0 Å². The number of hydrogen-bond donors (Lipinski definition) is 0. The minimum absolute atomic E-state index is 0.462. The molecular formula is C13H17BrO3. The van der Waals surface area contributed by atoms with Crippen molar-refractivity contribution in [2.24, 2.45) is 0 Å². The lowest BCUT2D eigenvalue weighted by Crippen LogP contribution is -2.09. The molecule has 4 heteroatoms. The molecule has 0 aliphatic carbocycles. The Kier molecular flexibility index (Phi) is 6.22. The van der Waals surface area contributed by atoms with E-state index in [2.05, 4.69) is 22.9 Å². The highest BCUT2D eigenvalue weighted by molar-refractivity contribution is 9.10. The van der Waals surface area contributed by atoms with Gasteiger partial charge in [0.05, 0.1) is 12.2 Å². The van der Waals surface area contributed by atoms with Crippen LogP contribution in [0.2, 0.25) is 0 Å². The Bertz CT molecular complexity index is 377. The second-order valence-corrected chi connectivity index (χ2v) is 4.64. The van der Waals surface area contributed by atoms with E-state index in [9.17, 15) is 4.79 Å². The Morgan fingerprint density at radius 1 is 1.29 bits per heavy atom. The molecule has 0 heterocycles. The third-order valence-electron chi connectivity index (χ3n) is 2.22. The summed E-state index contributed by atoms with van der Waals surface area (Å²) in [6.07, 6.45) is 1.80. The molecule has 0 amide bonds. The quantitative estimate of drug-likeness (QED) is 0.572. The predicted molar refractivity (Wildman–Crippen MR) is 70.9 cm³/mol. The van der Waals surface area contributed by atoms with E-state index < -0.39 is 0 Å². The van der Waals surface area contributed by atoms with Crippen molar-refractivity contribution in [3.05, 3.63) is 27.7 Å². The van der Waals surface area contributed by atoms with Crippen molar-refractivity contribution in [1.29, 1.82) is 0 Å². The SMILES string of the molecule is CCCOCCOc1c(C)cc(Br)cc1C=O. The summed E-state index contributed by atoms with van der Waals surface area (Å²) < 4.78 is 11.8. The first-order chi connectivity index (χ1) is 8.19. The molecule has 0 N–H and O–H groups in total. The summed E-state index contributed by atoms with van der Waals surface area (Å²) in [4.78, 5) is 10.9. The summed E-state index contributed by atoms with van der Waals surface area (Å²) in [5.41, 5.74) is 1.50. The molecule has 3 nitrogen and oxygen atoms in total. The highest BCUT2D eigenvalue weighted by Crippen LogP contribution is 2.26. The van der Waals surface area contributed by atoms with E-state index >= 15 is 0 Å². The smallest absolute Gasteiger partial charge is 0.153 e. The second-order valence-electron chi connectivity index (χ2n) is 3.72. The molecule has 0 atom stereocenters. The predicted octanol–water partition coefficient (Wildman–Crippen LogP) is 3.38. The van der Waals surface area contributed by atoms with Crippen LogP contribution in [0, 0.1) is 6.92 Å². The van der Waals surface area contributed by atoms with Gasteiger partial charge in [0.2, 0.25) is 0 Å². The number of halogens is 1. The van der Waals surface area contributed by atoms with Gasteiger partial charge < -0.3 is 9.47 Å². The highest BCUT2D eigenvalue weighted by Gasteiger charge is 2.08. The van der Waals surface area contributed by atoms with Gasteiger partial charge in [0.25, 0.3) is 0 Å². The zero-order chi connectivity index (χ0) is 12.7. The average Bonchev–Trinajstić information content (AvgIpc) is 2.30. The molecule has 0 fully saturated rings. The van der Waals surface area contributed by atoms with Crippen molar-refractivity contribution in [3.63, 3.8) is 0 Å². The number of aryl methyl sites for hydroxylation is 1. The Balaban J connectivity index is 2.60. The fourth-order valence-corrected chi connectivity index (χ4v) is 2.08. The van der Waals surface area contributed by atoms with E-state index in [1.807, 2.05) is 13.0 Å². The van der Waals surface area contributed by atoms with E-state index in [-0.39, 0.29) is 0 Å². The van der Waals surface area contributed by atoms with Crippen LogP contribution in [0.4, 0.5) is 0 Å². The Morgan fingerprint density at radius 3 is 2.71 bits per heavy atom. The molecule has 0 saturated heterocycles. The van der Waals surface area contributed by atoms with Crippen LogP contribution in [0.5, 0.6) is 5.75 Å². The normalized spacial score (nSPS) is 10.3. The summed E-state index contributed by atoms with van der Waals surface area (Å²) >= 11 is 3.35. The fourth-order valence-electron chi connectivity index (χ4n) is 1.49. The van der Waals surface area contributed by atoms with Crippen molar-refractivity contribution in [1.82, 2.24) is 0 Å². The van der Waals surface area contributed by atoms with Crippen molar-refractivity contribution in [2.75, 3.05) is 19.8 Å². The maximum atomic E-state index is 10.9. The molecule has 0 radical (unpaired) electrons. The standard InChI is InChI=1S/C13H17BrO3/c1-3-4-16-5-6-17-13-10(2)7-12(14)8-11(13)9-15/h7-9H,3-6H2,1-2H3. The molecule has 17 heavy (non-hydrogen) atoms. The summed E-state index contributed by atoms with van der Waals surface area (Å²) in [5, 5.41) is 0. The molecule has 0 aliphatic rings. The van der Waals surface area contributed by atoms with Crippen LogP contribution in [0.3, 0.4) is 0 Å². The lowest BCUT2D eigenvalue weighted by Gasteiger charge is -2.12. The molecular weight excluding hydrogens is 284 g/mol. The van der Waals surface area contributed by atoms with E-state index in [1.165, 1.54) is 0 Å². The topological polar surface area (TPSA) is 35.5 Å². The van der Waals surface area contributed by atoms with Crippen LogP contribution >= 0.6 is 15.9 Å². The highest BCUT2D eigenvalue weighted by atomic mass is 79.9. The maximum absolute atomic E-state index is 10.9. The van der Waals surface area contributed by atoms with Crippen LogP contribution in [0.25, 0.3) is 0 Å². The molecule has 0 bridgehead atoms. The van der Waals surface area contributed by atoms with Gasteiger partial charge in [0.1, 0.15) is 12.4 Å². The molecule has 1 aromatic rings. The van der Waals surface area contributed by atoms with Gasteiger partial charge in [-0.2, -0.15) is 0 Å². The number of carbonyl (C=O) groups excluding carboxylic acids is 1. The van der Waals surface area contributed by atoms with Crippen molar-refractivity contribution < 1.29 is 14.3 Å². The largest absolute Gasteiger partial charge is 0.490 e. The Hall–Kier alpha value is -0.870. The molecule has 94 valence electrons. The lowest BCUT2D eigenvalue weighted by molar-refractivity contribution is 0.0989. The molecule has 0 aromatic heterocycles. The molecule has 1 rings (SSSR count). The fraction of sp³-hybridized carbons (Fsp3) is 0.462. The van der Waals surface area contributed by atoms with Crippen LogP contribution in [0.15, 0.2) is 16.6 Å². The minimum atomic E-state index is 0.462. The number of aldehydes is 1. The third kappa shape index (κ3) is 4.48. The zero-order valence-electron chi connectivity index (χ0n) is 10.2. The van der Waals surface area contributed by atoms with Gasteiger partial charge in [0, 0.05) is 11.1 Å². The minimum Gasteiger partial charge on any atom is -0.490 e. The Labute approximate surface area is 110 Å². The molecule has 0 aliphatic heterocycles. The first-order valence-corrected chi connectivity index (χ1v) is 6.44. The van der Waals surface area contributed by atoms with Crippen molar-refractivity contribution in [2.45, 2.75) is 20.3 Å². The maximum Gasteiger partial charge on any atom is 0.153 e. The number of ether oxygens (including phenoxy) is 2. The van der Waals surface area contributed by atoms with Crippen LogP contribution in [0.1, 0.15) is 29.3 Å². The molecule has 0 unspecified atom stereocenters. The Morgan fingerprint density at radius 2 is 2.06 bits per heavy atom. The zero-order valence-corrected chi connectivity index (χ0v) is 11.7. The van der Waals surface area contributed by atoms with Gasteiger partial charge in [-0.1, -0.05) is 22.9 Å². The van der Waals surface area contributed by atoms with E-state index in [0.29, 0.717) is 24.5 Å². The van der Waals surface area contributed by atoms with Gasteiger partial charge in [-0.3, -0.25) is 4.79 Å².